The van der Waals surface area contributed by atoms with E-state index in [2.05, 4.69) is 36.6 Å². The van der Waals surface area contributed by atoms with Crippen LogP contribution in [-0.4, -0.2) is 65.7 Å². The molecule has 0 radical (unpaired) electrons. The van der Waals surface area contributed by atoms with Gasteiger partial charge in [0.1, 0.15) is 12.7 Å². The first-order valence-electron chi connectivity index (χ1n) is 16.1. The third-order valence-corrected chi connectivity index (χ3v) is 7.24. The summed E-state index contributed by atoms with van der Waals surface area (Å²) in [6.45, 7) is 2.07. The fraction of sp³-hybridized carbons (Fsp3) is 0.697. The zero-order valence-electron chi connectivity index (χ0n) is 26.9. The van der Waals surface area contributed by atoms with Crippen LogP contribution in [0.5, 0.6) is 0 Å². The number of aliphatic hydroxyl groups excluding tert-OH is 2. The molecule has 0 spiro atoms. The summed E-state index contributed by atoms with van der Waals surface area (Å²) in [5, 5.41) is 18.2. The molecule has 3 N–H and O–H groups in total. The van der Waals surface area contributed by atoms with Gasteiger partial charge in [-0.1, -0.05) is 101 Å². The maximum absolute atomic E-state index is 12.4. The van der Waals surface area contributed by atoms with Gasteiger partial charge in [0.2, 0.25) is 0 Å². The minimum atomic E-state index is -4.61. The highest BCUT2D eigenvalue weighted by molar-refractivity contribution is 7.47. The number of hydrogen-bond acceptors (Lipinski definition) is 9. The number of carbonyl (C=O) groups excluding carboxylic acids is 2. The van der Waals surface area contributed by atoms with Crippen molar-refractivity contribution in [2.45, 2.75) is 122 Å². The number of unbranched alkanes of at least 4 members (excludes halogenated alkanes) is 9. The molecule has 254 valence electrons. The van der Waals surface area contributed by atoms with Crippen LogP contribution in [0.2, 0.25) is 0 Å². The molecule has 10 nitrogen and oxygen atoms in total. The largest absolute Gasteiger partial charge is 0.472 e. The van der Waals surface area contributed by atoms with Gasteiger partial charge < -0.3 is 24.6 Å². The summed E-state index contributed by atoms with van der Waals surface area (Å²) in [6.07, 6.45) is 26.9. The Kier molecular flexibility index (Phi) is 28.2. The van der Waals surface area contributed by atoms with E-state index in [1.807, 2.05) is 30.4 Å². The highest BCUT2D eigenvalue weighted by Gasteiger charge is 2.27. The molecule has 11 heteroatoms. The highest BCUT2D eigenvalue weighted by atomic mass is 31.2. The van der Waals surface area contributed by atoms with Crippen molar-refractivity contribution in [3.63, 3.8) is 0 Å². The molecular weight excluding hydrogens is 587 g/mol. The van der Waals surface area contributed by atoms with Crippen LogP contribution in [-0.2, 0) is 32.7 Å². The molecule has 44 heavy (non-hydrogen) atoms. The molecule has 0 saturated heterocycles. The van der Waals surface area contributed by atoms with Gasteiger partial charge in [-0.15, -0.1) is 0 Å². The quantitative estimate of drug-likeness (QED) is 0.0254. The molecule has 2 unspecified atom stereocenters. The fourth-order valence-corrected chi connectivity index (χ4v) is 4.56. The number of allylic oxidation sites excluding steroid dienone is 8. The third-order valence-electron chi connectivity index (χ3n) is 6.29. The Bertz CT molecular complexity index is 884. The average molecular weight is 645 g/mol. The van der Waals surface area contributed by atoms with Gasteiger partial charge in [0.25, 0.3) is 0 Å². The molecule has 0 fully saturated rings. The maximum Gasteiger partial charge on any atom is 0.472 e. The summed E-state index contributed by atoms with van der Waals surface area (Å²) >= 11 is 0. The van der Waals surface area contributed by atoms with Gasteiger partial charge in [-0.05, 0) is 44.9 Å². The van der Waals surface area contributed by atoms with Crippen molar-refractivity contribution in [3.8, 4) is 0 Å². The highest BCUT2D eigenvalue weighted by Crippen LogP contribution is 2.43. The fourth-order valence-electron chi connectivity index (χ4n) is 3.77. The van der Waals surface area contributed by atoms with E-state index in [-0.39, 0.29) is 19.4 Å². The minimum Gasteiger partial charge on any atom is -0.462 e. The minimum absolute atomic E-state index is 0.149. The normalized spacial score (nSPS) is 14.9. The van der Waals surface area contributed by atoms with E-state index < -0.39 is 51.8 Å². The van der Waals surface area contributed by atoms with E-state index in [1.165, 1.54) is 19.3 Å². The van der Waals surface area contributed by atoms with Gasteiger partial charge in [0, 0.05) is 12.8 Å². The van der Waals surface area contributed by atoms with E-state index in [0.29, 0.717) is 12.8 Å². The van der Waals surface area contributed by atoms with Crippen LogP contribution in [0.25, 0.3) is 0 Å². The second-order valence-corrected chi connectivity index (χ2v) is 12.0. The van der Waals surface area contributed by atoms with Gasteiger partial charge in [-0.2, -0.15) is 0 Å². The molecule has 3 atom stereocenters. The molecule has 0 heterocycles. The Morgan fingerprint density at radius 3 is 2.02 bits per heavy atom. The standard InChI is InChI=1S/C33H57O10P/c1-3-5-7-9-11-13-14-15-16-17-19-21-23-25-33(37)43-31(29-42-44(38,39)41-27-30(35)26-34)28-40-32(36)24-22-20-18-12-10-8-6-4-2/h5,7,9,11,13-14,18,20,30-31,34-35H,3-4,6,8,10,12,15-17,19,21-29H2,1-2H3,(H,38,39)/b7-5+,11-9+,14-13+,20-18+/t30-,31?/m0/s1. The van der Waals surface area contributed by atoms with Gasteiger partial charge in [-0.3, -0.25) is 18.6 Å². The molecule has 0 amide bonds. The Labute approximate surface area is 264 Å². The second-order valence-electron chi connectivity index (χ2n) is 10.5. The molecule has 0 bridgehead atoms. The van der Waals surface area contributed by atoms with Crippen molar-refractivity contribution in [3.05, 3.63) is 48.6 Å². The van der Waals surface area contributed by atoms with Crippen molar-refractivity contribution in [1.82, 2.24) is 0 Å². The van der Waals surface area contributed by atoms with E-state index in [9.17, 15) is 24.2 Å². The Hall–Kier alpha value is -2.07. The van der Waals surface area contributed by atoms with E-state index in [4.69, 9.17) is 19.1 Å². The molecule has 0 aliphatic rings. The Morgan fingerprint density at radius 1 is 0.705 bits per heavy atom. The van der Waals surface area contributed by atoms with Crippen LogP contribution < -0.4 is 0 Å². The summed E-state index contributed by atoms with van der Waals surface area (Å²) in [5.74, 6) is -1.02. The van der Waals surface area contributed by atoms with Gasteiger partial charge in [-0.25, -0.2) is 4.57 Å². The summed E-state index contributed by atoms with van der Waals surface area (Å²) in [4.78, 5) is 34.5. The van der Waals surface area contributed by atoms with Crippen LogP contribution in [0.4, 0.5) is 0 Å². The van der Waals surface area contributed by atoms with Crippen LogP contribution in [0, 0.1) is 0 Å². The van der Waals surface area contributed by atoms with Crippen LogP contribution in [0.1, 0.15) is 110 Å². The van der Waals surface area contributed by atoms with Gasteiger partial charge in [0.15, 0.2) is 6.10 Å². The first-order valence-corrected chi connectivity index (χ1v) is 17.6. The first-order chi connectivity index (χ1) is 21.2. The molecule has 0 aliphatic heterocycles. The zero-order chi connectivity index (χ0) is 32.7. The van der Waals surface area contributed by atoms with Crippen molar-refractivity contribution in [2.75, 3.05) is 26.4 Å². The number of ether oxygens (including phenoxy) is 2. The number of rotatable bonds is 29. The van der Waals surface area contributed by atoms with Crippen molar-refractivity contribution < 1.29 is 47.8 Å². The number of phosphoric acid groups is 1. The van der Waals surface area contributed by atoms with E-state index >= 15 is 0 Å². The van der Waals surface area contributed by atoms with Crippen molar-refractivity contribution in [2.24, 2.45) is 0 Å². The van der Waals surface area contributed by atoms with Crippen LogP contribution in [0.3, 0.4) is 0 Å². The smallest absolute Gasteiger partial charge is 0.462 e. The predicted molar refractivity (Wildman–Crippen MR) is 173 cm³/mol. The lowest BCUT2D eigenvalue weighted by Crippen LogP contribution is -2.29. The average Bonchev–Trinajstić information content (AvgIpc) is 3.00. The summed E-state index contributed by atoms with van der Waals surface area (Å²) in [6, 6.07) is 0. The first kappa shape index (κ1) is 41.9. The third kappa shape index (κ3) is 28.7. The second kappa shape index (κ2) is 29.6. The predicted octanol–water partition coefficient (Wildman–Crippen LogP) is 7.04. The zero-order valence-corrected chi connectivity index (χ0v) is 27.7. The lowest BCUT2D eigenvalue weighted by Gasteiger charge is -2.20. The Balaban J connectivity index is 4.54. The summed E-state index contributed by atoms with van der Waals surface area (Å²) in [7, 11) is -4.61. The van der Waals surface area contributed by atoms with Crippen LogP contribution >= 0.6 is 7.82 Å². The molecule has 0 saturated carbocycles. The monoisotopic (exact) mass is 644 g/mol. The van der Waals surface area contributed by atoms with E-state index in [1.54, 1.807) is 0 Å². The summed E-state index contributed by atoms with van der Waals surface area (Å²) < 4.78 is 32.3. The maximum atomic E-state index is 12.4. The lowest BCUT2D eigenvalue weighted by atomic mass is 10.1. The number of phosphoric ester groups is 1. The summed E-state index contributed by atoms with van der Waals surface area (Å²) in [5.41, 5.74) is 0. The van der Waals surface area contributed by atoms with Crippen molar-refractivity contribution >= 4 is 19.8 Å². The van der Waals surface area contributed by atoms with Gasteiger partial charge >= 0.3 is 19.8 Å². The number of hydrogen-bond donors (Lipinski definition) is 3. The van der Waals surface area contributed by atoms with Gasteiger partial charge in [0.05, 0.1) is 19.8 Å². The lowest BCUT2D eigenvalue weighted by molar-refractivity contribution is -0.161. The van der Waals surface area contributed by atoms with Crippen molar-refractivity contribution in [1.29, 1.82) is 0 Å². The topological polar surface area (TPSA) is 149 Å². The molecule has 0 aromatic rings. The SMILES string of the molecule is CC/C=C/C=C/C=C/CCCCCCCC(=O)OC(COC(=O)CC/C=C/CCCCCC)COP(=O)(O)OC[C@@H](O)CO. The number of esters is 2. The molecule has 0 aromatic carbocycles. The number of aliphatic hydroxyl groups is 2. The van der Waals surface area contributed by atoms with Crippen LogP contribution in [0.15, 0.2) is 48.6 Å². The molecule has 0 aromatic heterocycles. The number of carbonyl (C=O) groups is 2. The molecule has 0 aliphatic carbocycles. The van der Waals surface area contributed by atoms with E-state index in [0.717, 1.165) is 51.4 Å². The Morgan fingerprint density at radius 2 is 1.32 bits per heavy atom. The molecule has 0 rings (SSSR count). The molecular formula is C33H57O10P.